The van der Waals surface area contributed by atoms with E-state index < -0.39 is 0 Å². The van der Waals surface area contributed by atoms with Crippen molar-refractivity contribution in [1.29, 1.82) is 5.26 Å². The van der Waals surface area contributed by atoms with Crippen molar-refractivity contribution in [2.75, 3.05) is 13.1 Å². The third kappa shape index (κ3) is 3.32. The Kier molecular flexibility index (Phi) is 4.71. The maximum atomic E-state index is 12.3. The Balaban J connectivity index is 3.00. The molecule has 0 bridgehead atoms. The summed E-state index contributed by atoms with van der Waals surface area (Å²) in [6.07, 6.45) is 0.859. The minimum Gasteiger partial charge on any atom is -0.325 e. The number of rotatable bonds is 4. The summed E-state index contributed by atoms with van der Waals surface area (Å²) < 4.78 is 0. The van der Waals surface area contributed by atoms with Crippen LogP contribution in [0.25, 0.3) is 0 Å². The van der Waals surface area contributed by atoms with E-state index in [2.05, 4.69) is 0 Å². The zero-order valence-electron chi connectivity index (χ0n) is 10.7. The Morgan fingerprint density at radius 2 is 2.12 bits per heavy atom. The summed E-state index contributed by atoms with van der Waals surface area (Å²) in [6, 6.07) is 7.86. The fraction of sp³-hybridized carbons (Fsp3) is 0.429. The number of amides is 1. The number of carbonyl (C=O) groups excluding carboxylic acids is 1. The van der Waals surface area contributed by atoms with Gasteiger partial charge in [0.05, 0.1) is 6.07 Å². The van der Waals surface area contributed by atoms with Gasteiger partial charge in [0, 0.05) is 12.1 Å². The topological polar surface area (TPSA) is 44.1 Å². The van der Waals surface area contributed by atoms with Gasteiger partial charge in [-0.2, -0.15) is 5.26 Å². The van der Waals surface area contributed by atoms with Crippen molar-refractivity contribution < 1.29 is 4.79 Å². The Morgan fingerprint density at radius 1 is 1.41 bits per heavy atom. The molecule has 0 spiro atoms. The van der Waals surface area contributed by atoms with Crippen LogP contribution in [0.5, 0.6) is 0 Å². The Bertz CT molecular complexity index is 446. The number of carbonyl (C=O) groups is 1. The lowest BCUT2D eigenvalue weighted by Gasteiger charge is -2.20. The van der Waals surface area contributed by atoms with Crippen molar-refractivity contribution >= 4 is 5.91 Å². The first kappa shape index (κ1) is 13.2. The lowest BCUT2D eigenvalue weighted by Crippen LogP contribution is -2.32. The van der Waals surface area contributed by atoms with Crippen LogP contribution in [-0.2, 0) is 0 Å². The molecule has 0 atom stereocenters. The highest BCUT2D eigenvalue weighted by Crippen LogP contribution is 2.13. The molecule has 0 heterocycles. The van der Waals surface area contributed by atoms with Gasteiger partial charge in [0.25, 0.3) is 5.91 Å². The largest absolute Gasteiger partial charge is 0.325 e. The predicted molar refractivity (Wildman–Crippen MR) is 67.7 cm³/mol. The van der Waals surface area contributed by atoms with Crippen LogP contribution in [0.4, 0.5) is 0 Å². The van der Waals surface area contributed by atoms with E-state index in [-0.39, 0.29) is 12.5 Å². The Labute approximate surface area is 103 Å². The molecule has 0 aromatic heterocycles. The van der Waals surface area contributed by atoms with E-state index in [4.69, 9.17) is 5.26 Å². The highest BCUT2D eigenvalue weighted by atomic mass is 16.2. The van der Waals surface area contributed by atoms with Gasteiger partial charge < -0.3 is 4.90 Å². The normalized spacial score (nSPS) is 9.76. The second-order valence-electron chi connectivity index (χ2n) is 4.20. The first-order chi connectivity index (χ1) is 8.10. The van der Waals surface area contributed by atoms with Crippen LogP contribution < -0.4 is 0 Å². The third-order valence-corrected chi connectivity index (χ3v) is 2.67. The van der Waals surface area contributed by atoms with Gasteiger partial charge in [-0.25, -0.2) is 0 Å². The van der Waals surface area contributed by atoms with Crippen LogP contribution in [0.15, 0.2) is 18.2 Å². The Hall–Kier alpha value is -1.82. The average Bonchev–Trinajstić information content (AvgIpc) is 2.31. The molecule has 0 fully saturated rings. The highest BCUT2D eigenvalue weighted by Gasteiger charge is 2.16. The number of aryl methyl sites for hydroxylation is 2. The summed E-state index contributed by atoms with van der Waals surface area (Å²) in [5.41, 5.74) is 2.72. The van der Waals surface area contributed by atoms with Crippen molar-refractivity contribution in [2.45, 2.75) is 27.2 Å². The molecule has 0 aliphatic carbocycles. The summed E-state index contributed by atoms with van der Waals surface area (Å²) in [7, 11) is 0. The summed E-state index contributed by atoms with van der Waals surface area (Å²) >= 11 is 0. The molecule has 0 aliphatic rings. The molecule has 0 unspecified atom stereocenters. The molecule has 0 saturated heterocycles. The first-order valence-corrected chi connectivity index (χ1v) is 5.83. The minimum absolute atomic E-state index is 0.0467. The smallest absolute Gasteiger partial charge is 0.254 e. The fourth-order valence-electron chi connectivity index (χ4n) is 1.74. The molecule has 17 heavy (non-hydrogen) atoms. The van der Waals surface area contributed by atoms with Crippen LogP contribution in [-0.4, -0.2) is 23.9 Å². The van der Waals surface area contributed by atoms with Crippen molar-refractivity contribution in [3.05, 3.63) is 34.9 Å². The second kappa shape index (κ2) is 6.05. The van der Waals surface area contributed by atoms with Crippen molar-refractivity contribution in [1.82, 2.24) is 4.90 Å². The van der Waals surface area contributed by atoms with Crippen molar-refractivity contribution in [3.63, 3.8) is 0 Å². The molecule has 1 amide bonds. The summed E-state index contributed by atoms with van der Waals surface area (Å²) in [5.74, 6) is -0.0467. The molecule has 0 saturated carbocycles. The quantitative estimate of drug-likeness (QED) is 0.746. The lowest BCUT2D eigenvalue weighted by atomic mass is 10.0. The van der Waals surface area contributed by atoms with Crippen LogP contribution in [0, 0.1) is 25.2 Å². The molecule has 3 heteroatoms. The highest BCUT2D eigenvalue weighted by molar-refractivity contribution is 5.96. The van der Waals surface area contributed by atoms with Crippen LogP contribution in [0.1, 0.15) is 34.8 Å². The molecule has 1 rings (SSSR count). The van der Waals surface area contributed by atoms with E-state index in [0.717, 1.165) is 17.5 Å². The molecular weight excluding hydrogens is 212 g/mol. The van der Waals surface area contributed by atoms with Gasteiger partial charge in [-0.1, -0.05) is 24.6 Å². The van der Waals surface area contributed by atoms with Gasteiger partial charge >= 0.3 is 0 Å². The van der Waals surface area contributed by atoms with Crippen molar-refractivity contribution in [3.8, 4) is 6.07 Å². The number of hydrogen-bond donors (Lipinski definition) is 0. The lowest BCUT2D eigenvalue weighted by molar-refractivity contribution is 0.0775. The zero-order chi connectivity index (χ0) is 12.8. The van der Waals surface area contributed by atoms with Gasteiger partial charge in [0.2, 0.25) is 0 Å². The van der Waals surface area contributed by atoms with E-state index in [1.807, 2.05) is 45.0 Å². The minimum atomic E-state index is -0.0467. The monoisotopic (exact) mass is 230 g/mol. The van der Waals surface area contributed by atoms with Crippen LogP contribution in [0.3, 0.4) is 0 Å². The molecule has 90 valence electrons. The number of hydrogen-bond acceptors (Lipinski definition) is 2. The Morgan fingerprint density at radius 3 is 2.71 bits per heavy atom. The SMILES string of the molecule is CCCN(CC#N)C(=O)c1cc(C)ccc1C. The van der Waals surface area contributed by atoms with Gasteiger partial charge in [0.1, 0.15) is 6.54 Å². The predicted octanol–water partition coefficient (Wildman–Crippen LogP) is 2.68. The maximum Gasteiger partial charge on any atom is 0.254 e. The zero-order valence-corrected chi connectivity index (χ0v) is 10.7. The number of benzene rings is 1. The van der Waals surface area contributed by atoms with Gasteiger partial charge in [-0.15, -0.1) is 0 Å². The van der Waals surface area contributed by atoms with Gasteiger partial charge in [0.15, 0.2) is 0 Å². The summed E-state index contributed by atoms with van der Waals surface area (Å²) in [6.45, 7) is 6.66. The molecular formula is C14H18N2O. The fourth-order valence-corrected chi connectivity index (χ4v) is 1.74. The average molecular weight is 230 g/mol. The first-order valence-electron chi connectivity index (χ1n) is 5.83. The molecule has 0 aliphatic heterocycles. The standard InChI is InChI=1S/C14H18N2O/c1-4-8-16(9-7-15)14(17)13-10-11(2)5-6-12(13)3/h5-6,10H,4,8-9H2,1-3H3. The van der Waals surface area contributed by atoms with E-state index in [0.29, 0.717) is 12.1 Å². The van der Waals surface area contributed by atoms with Crippen molar-refractivity contribution in [2.24, 2.45) is 0 Å². The summed E-state index contributed by atoms with van der Waals surface area (Å²) in [4.78, 5) is 13.9. The summed E-state index contributed by atoms with van der Waals surface area (Å²) in [5, 5.41) is 8.74. The van der Waals surface area contributed by atoms with Gasteiger partial charge in [-0.3, -0.25) is 4.79 Å². The molecule has 0 N–H and O–H groups in total. The maximum absolute atomic E-state index is 12.3. The molecule has 0 radical (unpaired) electrons. The van der Waals surface area contributed by atoms with Crippen LogP contribution >= 0.6 is 0 Å². The van der Waals surface area contributed by atoms with E-state index in [1.54, 1.807) is 4.90 Å². The van der Waals surface area contributed by atoms with Gasteiger partial charge in [-0.05, 0) is 31.9 Å². The molecule has 1 aromatic carbocycles. The molecule has 3 nitrogen and oxygen atoms in total. The van der Waals surface area contributed by atoms with E-state index >= 15 is 0 Å². The van der Waals surface area contributed by atoms with E-state index in [1.165, 1.54) is 0 Å². The molecule has 1 aromatic rings. The second-order valence-corrected chi connectivity index (χ2v) is 4.20. The van der Waals surface area contributed by atoms with Crippen LogP contribution in [0.2, 0.25) is 0 Å². The van der Waals surface area contributed by atoms with E-state index in [9.17, 15) is 4.79 Å². The number of nitrogens with zero attached hydrogens (tertiary/aromatic N) is 2. The third-order valence-electron chi connectivity index (χ3n) is 2.67. The number of nitriles is 1.